The van der Waals surface area contributed by atoms with E-state index in [1.54, 1.807) is 23.6 Å². The van der Waals surface area contributed by atoms with E-state index in [4.69, 9.17) is 9.15 Å². The number of rotatable bonds is 2. The Morgan fingerprint density at radius 1 is 1.14 bits per heavy atom. The molecule has 28 heavy (non-hydrogen) atoms. The van der Waals surface area contributed by atoms with Crippen molar-refractivity contribution < 1.29 is 18.7 Å². The van der Waals surface area contributed by atoms with E-state index in [0.29, 0.717) is 37.7 Å². The number of oxazole rings is 1. The summed E-state index contributed by atoms with van der Waals surface area (Å²) in [7, 11) is 0. The van der Waals surface area contributed by atoms with Gasteiger partial charge in [-0.25, -0.2) is 4.98 Å². The number of hydrogen-bond donors (Lipinski definition) is 0. The van der Waals surface area contributed by atoms with Crippen LogP contribution in [0.15, 0.2) is 34.7 Å². The molecule has 1 spiro atoms. The Bertz CT molecular complexity index is 879. The highest BCUT2D eigenvalue weighted by molar-refractivity contribution is 6.01. The molecule has 0 saturated carbocycles. The summed E-state index contributed by atoms with van der Waals surface area (Å²) in [6, 6.07) is 9.65. The van der Waals surface area contributed by atoms with Crippen LogP contribution in [0.2, 0.25) is 0 Å². The van der Waals surface area contributed by atoms with E-state index in [-0.39, 0.29) is 24.1 Å². The molecule has 0 bridgehead atoms. The zero-order chi connectivity index (χ0) is 19.7. The third-order valence-electron chi connectivity index (χ3n) is 5.49. The highest BCUT2D eigenvalue weighted by Crippen LogP contribution is 2.33. The monoisotopic (exact) mass is 383 g/mol. The fraction of sp³-hybridized carbons (Fsp3) is 0.476. The first kappa shape index (κ1) is 18.7. The predicted octanol–water partition coefficient (Wildman–Crippen LogP) is 2.72. The Morgan fingerprint density at radius 2 is 1.93 bits per heavy atom. The van der Waals surface area contributed by atoms with E-state index in [1.165, 1.54) is 0 Å². The number of ether oxygens (including phenoxy) is 1. The van der Waals surface area contributed by atoms with Gasteiger partial charge in [0.25, 0.3) is 11.8 Å². The smallest absolute Gasteiger partial charge is 0.291 e. The number of anilines is 1. The molecular formula is C21H25N3O4. The second kappa shape index (κ2) is 7.39. The number of benzene rings is 1. The molecule has 148 valence electrons. The SMILES string of the molecule is Cc1nc(C)c(C(=O)N2CCOC3(CCCCN(c4ccccc4)C3=O)C2)o1. The topological polar surface area (TPSA) is 75.9 Å². The Morgan fingerprint density at radius 3 is 2.64 bits per heavy atom. The number of carbonyl (C=O) groups excluding carboxylic acids is 2. The van der Waals surface area contributed by atoms with Gasteiger partial charge < -0.3 is 19.0 Å². The number of aromatic nitrogens is 1. The Hall–Kier alpha value is -2.67. The first-order valence-corrected chi connectivity index (χ1v) is 9.74. The molecule has 2 aliphatic heterocycles. The van der Waals surface area contributed by atoms with E-state index in [2.05, 4.69) is 4.98 Å². The lowest BCUT2D eigenvalue weighted by Gasteiger charge is -2.42. The maximum atomic E-state index is 13.5. The summed E-state index contributed by atoms with van der Waals surface area (Å²) in [5, 5.41) is 0. The van der Waals surface area contributed by atoms with Crippen LogP contribution in [-0.2, 0) is 9.53 Å². The lowest BCUT2D eigenvalue weighted by atomic mass is 9.93. The Labute approximate surface area is 164 Å². The second-order valence-electron chi connectivity index (χ2n) is 7.47. The van der Waals surface area contributed by atoms with Crippen molar-refractivity contribution in [3.05, 3.63) is 47.7 Å². The van der Waals surface area contributed by atoms with E-state index < -0.39 is 5.60 Å². The van der Waals surface area contributed by atoms with Crippen molar-refractivity contribution >= 4 is 17.5 Å². The molecule has 1 aromatic heterocycles. The molecule has 2 aliphatic rings. The summed E-state index contributed by atoms with van der Waals surface area (Å²) in [4.78, 5) is 34.2. The quantitative estimate of drug-likeness (QED) is 0.797. The second-order valence-corrected chi connectivity index (χ2v) is 7.47. The van der Waals surface area contributed by atoms with Crippen molar-refractivity contribution in [1.29, 1.82) is 0 Å². The number of aryl methyl sites for hydroxylation is 2. The van der Waals surface area contributed by atoms with Crippen LogP contribution in [0.1, 0.15) is 41.4 Å². The van der Waals surface area contributed by atoms with Gasteiger partial charge in [0, 0.05) is 25.7 Å². The van der Waals surface area contributed by atoms with Gasteiger partial charge in [0.1, 0.15) is 0 Å². The Kier molecular flexibility index (Phi) is 4.93. The summed E-state index contributed by atoms with van der Waals surface area (Å²) in [6.45, 7) is 5.12. The maximum Gasteiger partial charge on any atom is 0.291 e. The third kappa shape index (κ3) is 3.30. The van der Waals surface area contributed by atoms with Crippen molar-refractivity contribution in [2.45, 2.75) is 38.7 Å². The normalized spacial score (nSPS) is 23.1. The van der Waals surface area contributed by atoms with Gasteiger partial charge in [-0.05, 0) is 38.3 Å². The van der Waals surface area contributed by atoms with Gasteiger partial charge in [0.15, 0.2) is 11.5 Å². The van der Waals surface area contributed by atoms with Gasteiger partial charge >= 0.3 is 0 Å². The maximum absolute atomic E-state index is 13.5. The molecule has 7 nitrogen and oxygen atoms in total. The van der Waals surface area contributed by atoms with Gasteiger partial charge in [0.05, 0.1) is 18.8 Å². The molecule has 1 aromatic carbocycles. The number of para-hydroxylation sites is 1. The largest absolute Gasteiger partial charge is 0.436 e. The first-order chi connectivity index (χ1) is 13.5. The lowest BCUT2D eigenvalue weighted by molar-refractivity contribution is -0.155. The van der Waals surface area contributed by atoms with Crippen LogP contribution in [0.5, 0.6) is 0 Å². The standard InChI is InChI=1S/C21H25N3O4/c1-15-18(28-16(2)22-15)19(25)23-12-13-27-21(14-23)10-6-7-11-24(20(21)26)17-8-4-3-5-9-17/h3-5,8-9H,6-7,10-14H2,1-2H3. The molecule has 2 aromatic rings. The van der Waals surface area contributed by atoms with Gasteiger partial charge in [-0.3, -0.25) is 9.59 Å². The molecule has 0 aliphatic carbocycles. The molecule has 4 rings (SSSR count). The van der Waals surface area contributed by atoms with Crippen LogP contribution in [0.3, 0.4) is 0 Å². The van der Waals surface area contributed by atoms with Gasteiger partial charge in [-0.1, -0.05) is 18.2 Å². The minimum absolute atomic E-state index is 0.0702. The molecular weight excluding hydrogens is 358 g/mol. The fourth-order valence-electron chi connectivity index (χ4n) is 4.10. The van der Waals surface area contributed by atoms with E-state index in [1.807, 2.05) is 30.3 Å². The number of hydrogen-bond acceptors (Lipinski definition) is 5. The third-order valence-corrected chi connectivity index (χ3v) is 5.49. The fourth-order valence-corrected chi connectivity index (χ4v) is 4.10. The molecule has 3 heterocycles. The van der Waals surface area contributed by atoms with Crippen molar-refractivity contribution in [3.63, 3.8) is 0 Å². The zero-order valence-electron chi connectivity index (χ0n) is 16.3. The molecule has 2 fully saturated rings. The molecule has 1 atom stereocenters. The summed E-state index contributed by atoms with van der Waals surface area (Å²) < 4.78 is 11.6. The van der Waals surface area contributed by atoms with E-state index >= 15 is 0 Å². The summed E-state index contributed by atoms with van der Waals surface area (Å²) in [5.74, 6) is 0.406. The number of morpholine rings is 1. The number of nitrogens with zero attached hydrogens (tertiary/aromatic N) is 3. The summed E-state index contributed by atoms with van der Waals surface area (Å²) in [6.07, 6.45) is 2.38. The number of carbonyl (C=O) groups is 2. The van der Waals surface area contributed by atoms with Gasteiger partial charge in [-0.15, -0.1) is 0 Å². The minimum atomic E-state index is -1.01. The van der Waals surface area contributed by atoms with Crippen LogP contribution >= 0.6 is 0 Å². The van der Waals surface area contributed by atoms with Gasteiger partial charge in [0.2, 0.25) is 5.76 Å². The van der Waals surface area contributed by atoms with E-state index in [0.717, 1.165) is 18.5 Å². The van der Waals surface area contributed by atoms with E-state index in [9.17, 15) is 9.59 Å². The van der Waals surface area contributed by atoms with Crippen LogP contribution in [0.4, 0.5) is 5.69 Å². The molecule has 7 heteroatoms. The van der Waals surface area contributed by atoms with Crippen molar-refractivity contribution in [2.75, 3.05) is 31.1 Å². The number of amides is 2. The van der Waals surface area contributed by atoms with Crippen LogP contribution < -0.4 is 4.90 Å². The van der Waals surface area contributed by atoms with Crippen LogP contribution in [-0.4, -0.2) is 53.5 Å². The minimum Gasteiger partial charge on any atom is -0.436 e. The van der Waals surface area contributed by atoms with Crippen molar-refractivity contribution in [1.82, 2.24) is 9.88 Å². The molecule has 0 radical (unpaired) electrons. The zero-order valence-corrected chi connectivity index (χ0v) is 16.3. The lowest BCUT2D eigenvalue weighted by Crippen LogP contribution is -2.61. The van der Waals surface area contributed by atoms with Crippen molar-refractivity contribution in [2.24, 2.45) is 0 Å². The van der Waals surface area contributed by atoms with Crippen molar-refractivity contribution in [3.8, 4) is 0 Å². The highest BCUT2D eigenvalue weighted by atomic mass is 16.5. The van der Waals surface area contributed by atoms with Gasteiger partial charge in [-0.2, -0.15) is 0 Å². The molecule has 2 amide bonds. The van der Waals surface area contributed by atoms with Crippen LogP contribution in [0, 0.1) is 13.8 Å². The molecule has 1 unspecified atom stereocenters. The highest BCUT2D eigenvalue weighted by Gasteiger charge is 2.48. The Balaban J connectivity index is 1.61. The first-order valence-electron chi connectivity index (χ1n) is 9.74. The summed E-state index contributed by atoms with van der Waals surface area (Å²) >= 11 is 0. The van der Waals surface area contributed by atoms with Crippen LogP contribution in [0.25, 0.3) is 0 Å². The molecule has 0 N–H and O–H groups in total. The predicted molar refractivity (Wildman–Crippen MR) is 103 cm³/mol. The molecule has 2 saturated heterocycles. The summed E-state index contributed by atoms with van der Waals surface area (Å²) in [5.41, 5.74) is 0.423. The average molecular weight is 383 g/mol. The average Bonchev–Trinajstić information content (AvgIpc) is 2.97.